The second kappa shape index (κ2) is 4.46. The zero-order chi connectivity index (χ0) is 13.7. The summed E-state index contributed by atoms with van der Waals surface area (Å²) in [6.45, 7) is 2.21. The third-order valence-electron chi connectivity index (χ3n) is 5.23. The van der Waals surface area contributed by atoms with Crippen molar-refractivity contribution in [3.8, 4) is 0 Å². The van der Waals surface area contributed by atoms with E-state index in [9.17, 15) is 0 Å². The van der Waals surface area contributed by atoms with E-state index in [-0.39, 0.29) is 0 Å². The molecule has 1 fully saturated rings. The van der Waals surface area contributed by atoms with Gasteiger partial charge in [-0.3, -0.25) is 4.90 Å². The highest BCUT2D eigenvalue weighted by Gasteiger charge is 2.34. The molecule has 0 aliphatic carbocycles. The predicted molar refractivity (Wildman–Crippen MR) is 85.9 cm³/mol. The van der Waals surface area contributed by atoms with Crippen molar-refractivity contribution in [2.24, 2.45) is 0 Å². The molecule has 4 rings (SSSR count). The molecule has 2 aliphatic heterocycles. The molecule has 1 saturated heterocycles. The fourth-order valence-corrected chi connectivity index (χ4v) is 3.97. The van der Waals surface area contributed by atoms with Gasteiger partial charge >= 0.3 is 0 Å². The van der Waals surface area contributed by atoms with Crippen LogP contribution in [0.4, 0.5) is 0 Å². The zero-order valence-electron chi connectivity index (χ0n) is 12.3. The quantitative estimate of drug-likeness (QED) is 0.737. The standard InChI is InChI=1S/C19H21N/c1-13-7-10-18(19-6-4-3-5-17(13)19)14-11-15-8-9-16(12-14)20(15)2/h3-7,10-11,15-16H,8-9,12H2,1-2H3. The van der Waals surface area contributed by atoms with Crippen LogP contribution in [0.1, 0.15) is 30.4 Å². The second-order valence-corrected chi connectivity index (χ2v) is 6.34. The SMILES string of the molecule is Cc1ccc(C2=CC3CCC(C2)N3C)c2ccccc12. The fourth-order valence-electron chi connectivity index (χ4n) is 3.97. The Morgan fingerprint density at radius 3 is 2.60 bits per heavy atom. The molecule has 2 unspecified atom stereocenters. The molecule has 2 bridgehead atoms. The smallest absolute Gasteiger partial charge is 0.0284 e. The van der Waals surface area contributed by atoms with Crippen LogP contribution in [0.5, 0.6) is 0 Å². The van der Waals surface area contributed by atoms with Crippen LogP contribution in [0.2, 0.25) is 0 Å². The first-order chi connectivity index (χ1) is 9.74. The van der Waals surface area contributed by atoms with Crippen LogP contribution in [-0.2, 0) is 0 Å². The topological polar surface area (TPSA) is 3.24 Å². The predicted octanol–water partition coefficient (Wildman–Crippen LogP) is 4.40. The van der Waals surface area contributed by atoms with Crippen molar-refractivity contribution in [3.63, 3.8) is 0 Å². The maximum absolute atomic E-state index is 2.56. The summed E-state index contributed by atoms with van der Waals surface area (Å²) in [5.74, 6) is 0. The van der Waals surface area contributed by atoms with Gasteiger partial charge in [0.05, 0.1) is 0 Å². The summed E-state index contributed by atoms with van der Waals surface area (Å²) in [7, 11) is 2.28. The van der Waals surface area contributed by atoms with Gasteiger partial charge < -0.3 is 0 Å². The normalized spacial score (nSPS) is 26.0. The molecule has 2 aromatic rings. The lowest BCUT2D eigenvalue weighted by molar-refractivity contribution is 0.264. The van der Waals surface area contributed by atoms with E-state index < -0.39 is 0 Å². The Hall–Kier alpha value is -1.60. The van der Waals surface area contributed by atoms with E-state index in [0.717, 1.165) is 6.04 Å². The van der Waals surface area contributed by atoms with E-state index in [2.05, 4.69) is 61.3 Å². The number of hydrogen-bond acceptors (Lipinski definition) is 1. The Morgan fingerprint density at radius 2 is 1.80 bits per heavy atom. The molecule has 1 heteroatoms. The van der Waals surface area contributed by atoms with Gasteiger partial charge in [-0.05, 0) is 60.7 Å². The number of nitrogens with zero attached hydrogens (tertiary/aromatic N) is 1. The molecule has 1 nitrogen and oxygen atoms in total. The number of aryl methyl sites for hydroxylation is 1. The molecule has 2 aliphatic rings. The van der Waals surface area contributed by atoms with Crippen LogP contribution in [0, 0.1) is 6.92 Å². The minimum absolute atomic E-state index is 0.656. The summed E-state index contributed by atoms with van der Waals surface area (Å²) >= 11 is 0. The lowest BCUT2D eigenvalue weighted by Gasteiger charge is -2.31. The minimum atomic E-state index is 0.656. The van der Waals surface area contributed by atoms with Crippen molar-refractivity contribution in [3.05, 3.63) is 53.6 Å². The second-order valence-electron chi connectivity index (χ2n) is 6.34. The Balaban J connectivity index is 1.88. The van der Waals surface area contributed by atoms with Gasteiger partial charge in [0, 0.05) is 12.1 Å². The summed E-state index contributed by atoms with van der Waals surface area (Å²) in [6, 6.07) is 14.8. The van der Waals surface area contributed by atoms with E-state index >= 15 is 0 Å². The Kier molecular flexibility index (Phi) is 2.71. The van der Waals surface area contributed by atoms with Crippen LogP contribution in [0.15, 0.2) is 42.5 Å². The molecule has 2 heterocycles. The largest absolute Gasteiger partial charge is 0.297 e. The van der Waals surface area contributed by atoms with Gasteiger partial charge in [-0.15, -0.1) is 0 Å². The first kappa shape index (κ1) is 12.2. The minimum Gasteiger partial charge on any atom is -0.297 e. The Bertz CT molecular complexity index is 698. The molecule has 20 heavy (non-hydrogen) atoms. The maximum Gasteiger partial charge on any atom is 0.0284 e. The number of fused-ring (bicyclic) bond motifs is 3. The molecule has 2 aromatic carbocycles. The van der Waals surface area contributed by atoms with Crippen LogP contribution in [-0.4, -0.2) is 24.0 Å². The molecule has 2 atom stereocenters. The van der Waals surface area contributed by atoms with Gasteiger partial charge in [0.2, 0.25) is 0 Å². The maximum atomic E-state index is 2.56. The monoisotopic (exact) mass is 263 g/mol. The highest BCUT2D eigenvalue weighted by molar-refractivity contribution is 5.96. The zero-order valence-corrected chi connectivity index (χ0v) is 12.3. The summed E-state index contributed by atoms with van der Waals surface area (Å²) < 4.78 is 0. The van der Waals surface area contributed by atoms with Gasteiger partial charge in [0.1, 0.15) is 0 Å². The van der Waals surface area contributed by atoms with Crippen LogP contribution < -0.4 is 0 Å². The number of hydrogen-bond donors (Lipinski definition) is 0. The van der Waals surface area contributed by atoms with Crippen LogP contribution in [0.25, 0.3) is 16.3 Å². The molecule has 0 amide bonds. The van der Waals surface area contributed by atoms with Crippen molar-refractivity contribution < 1.29 is 0 Å². The highest BCUT2D eigenvalue weighted by atomic mass is 15.2. The summed E-state index contributed by atoms with van der Waals surface area (Å²) in [6.07, 6.45) is 6.40. The van der Waals surface area contributed by atoms with Crippen molar-refractivity contribution in [1.82, 2.24) is 4.90 Å². The van der Waals surface area contributed by atoms with E-state index in [1.807, 2.05) is 0 Å². The lowest BCUT2D eigenvalue weighted by atomic mass is 9.90. The Labute approximate surface area is 120 Å². The molecular weight excluding hydrogens is 242 g/mol. The van der Waals surface area contributed by atoms with Crippen LogP contribution >= 0.6 is 0 Å². The van der Waals surface area contributed by atoms with Crippen molar-refractivity contribution in [2.75, 3.05) is 7.05 Å². The average molecular weight is 263 g/mol. The van der Waals surface area contributed by atoms with Gasteiger partial charge in [0.15, 0.2) is 0 Å². The summed E-state index contributed by atoms with van der Waals surface area (Å²) in [5, 5.41) is 2.82. The van der Waals surface area contributed by atoms with E-state index in [1.165, 1.54) is 41.2 Å². The van der Waals surface area contributed by atoms with E-state index in [4.69, 9.17) is 0 Å². The molecule has 0 radical (unpaired) electrons. The van der Waals surface area contributed by atoms with Gasteiger partial charge in [-0.1, -0.05) is 42.5 Å². The van der Waals surface area contributed by atoms with E-state index in [1.54, 1.807) is 5.57 Å². The van der Waals surface area contributed by atoms with E-state index in [0.29, 0.717) is 6.04 Å². The average Bonchev–Trinajstić information content (AvgIpc) is 2.70. The third-order valence-corrected chi connectivity index (χ3v) is 5.23. The number of likely N-dealkylation sites (N-methyl/N-ethyl adjacent to an activating group) is 1. The van der Waals surface area contributed by atoms with Gasteiger partial charge in [0.25, 0.3) is 0 Å². The summed E-state index contributed by atoms with van der Waals surface area (Å²) in [4.78, 5) is 2.56. The van der Waals surface area contributed by atoms with Crippen molar-refractivity contribution >= 4 is 16.3 Å². The first-order valence-electron chi connectivity index (χ1n) is 7.65. The lowest BCUT2D eigenvalue weighted by Crippen LogP contribution is -2.34. The van der Waals surface area contributed by atoms with Crippen LogP contribution in [0.3, 0.4) is 0 Å². The first-order valence-corrected chi connectivity index (χ1v) is 7.65. The summed E-state index contributed by atoms with van der Waals surface area (Å²) in [5.41, 5.74) is 4.39. The fraction of sp³-hybridized carbons (Fsp3) is 0.368. The molecular formula is C19H21N. The van der Waals surface area contributed by atoms with Crippen molar-refractivity contribution in [2.45, 2.75) is 38.3 Å². The molecule has 0 N–H and O–H groups in total. The molecule has 102 valence electrons. The van der Waals surface area contributed by atoms with Gasteiger partial charge in [-0.2, -0.15) is 0 Å². The molecule has 0 saturated carbocycles. The third kappa shape index (κ3) is 1.73. The Morgan fingerprint density at radius 1 is 1.00 bits per heavy atom. The van der Waals surface area contributed by atoms with Crippen molar-refractivity contribution in [1.29, 1.82) is 0 Å². The number of rotatable bonds is 1. The number of benzene rings is 2. The molecule has 0 spiro atoms. The van der Waals surface area contributed by atoms with Gasteiger partial charge in [-0.25, -0.2) is 0 Å². The highest BCUT2D eigenvalue weighted by Crippen LogP contribution is 2.39. The molecule has 0 aromatic heterocycles.